The fraction of sp³-hybridized carbons (Fsp3) is 0.750. The highest BCUT2D eigenvalue weighted by Crippen LogP contribution is 1.99. The van der Waals surface area contributed by atoms with Crippen LogP contribution in [-0.2, 0) is 14.3 Å². The largest absolute Gasteiger partial charge is 0.468 e. The molecule has 0 aliphatic carbocycles. The molecule has 0 saturated carbocycles. The summed E-state index contributed by atoms with van der Waals surface area (Å²) >= 11 is 3.16. The van der Waals surface area contributed by atoms with Gasteiger partial charge in [0.05, 0.1) is 7.11 Å². The van der Waals surface area contributed by atoms with Crippen molar-refractivity contribution >= 4 is 27.8 Å². The van der Waals surface area contributed by atoms with Gasteiger partial charge in [0.15, 0.2) is 0 Å². The van der Waals surface area contributed by atoms with Gasteiger partial charge in [-0.15, -0.1) is 0 Å². The Labute approximate surface area is 91.5 Å². The molecule has 0 fully saturated rings. The van der Waals surface area contributed by atoms with Gasteiger partial charge in [0.1, 0.15) is 4.83 Å². The third-order valence-electron chi connectivity index (χ3n) is 1.56. The SMILES string of the molecule is COC(=O)C(Br)CNCCCC(N)=O. The van der Waals surface area contributed by atoms with Crippen molar-refractivity contribution in [3.8, 4) is 0 Å². The van der Waals surface area contributed by atoms with Crippen LogP contribution in [0.4, 0.5) is 0 Å². The van der Waals surface area contributed by atoms with Crippen LogP contribution in [0, 0.1) is 0 Å². The van der Waals surface area contributed by atoms with Gasteiger partial charge < -0.3 is 15.8 Å². The van der Waals surface area contributed by atoms with Crippen LogP contribution in [0.1, 0.15) is 12.8 Å². The Hall–Kier alpha value is -0.620. The lowest BCUT2D eigenvalue weighted by atomic mass is 10.3. The van der Waals surface area contributed by atoms with E-state index in [1.54, 1.807) is 0 Å². The van der Waals surface area contributed by atoms with E-state index < -0.39 is 0 Å². The zero-order chi connectivity index (χ0) is 11.0. The van der Waals surface area contributed by atoms with Crippen molar-refractivity contribution < 1.29 is 14.3 Å². The smallest absolute Gasteiger partial charge is 0.320 e. The number of nitrogens with one attached hydrogen (secondary N) is 1. The molecule has 1 amide bonds. The van der Waals surface area contributed by atoms with Crippen LogP contribution in [0.2, 0.25) is 0 Å². The number of nitrogens with two attached hydrogens (primary N) is 1. The molecular weight excluding hydrogens is 252 g/mol. The van der Waals surface area contributed by atoms with Gasteiger partial charge in [-0.25, -0.2) is 0 Å². The van der Waals surface area contributed by atoms with Crippen LogP contribution in [0.3, 0.4) is 0 Å². The summed E-state index contributed by atoms with van der Waals surface area (Å²) in [7, 11) is 1.34. The number of primary amides is 1. The standard InChI is InChI=1S/C8H15BrN2O3/c1-14-8(13)6(9)5-11-4-2-3-7(10)12/h6,11H,2-5H2,1H3,(H2,10,12). The zero-order valence-electron chi connectivity index (χ0n) is 8.09. The fourth-order valence-electron chi connectivity index (χ4n) is 0.828. The highest BCUT2D eigenvalue weighted by Gasteiger charge is 2.13. The summed E-state index contributed by atoms with van der Waals surface area (Å²) in [5.74, 6) is -0.623. The van der Waals surface area contributed by atoms with Crippen LogP contribution in [0.5, 0.6) is 0 Å². The normalized spacial score (nSPS) is 12.1. The lowest BCUT2D eigenvalue weighted by molar-refractivity contribution is -0.139. The van der Waals surface area contributed by atoms with E-state index >= 15 is 0 Å². The number of hydrogen-bond donors (Lipinski definition) is 2. The lowest BCUT2D eigenvalue weighted by Crippen LogP contribution is -2.30. The number of rotatable bonds is 7. The summed E-state index contributed by atoms with van der Waals surface area (Å²) in [6.07, 6.45) is 1.04. The number of halogens is 1. The summed E-state index contributed by atoms with van der Waals surface area (Å²) in [6, 6.07) is 0. The third kappa shape index (κ3) is 6.85. The van der Waals surface area contributed by atoms with Crippen LogP contribution >= 0.6 is 15.9 Å². The maximum atomic E-state index is 10.9. The molecule has 14 heavy (non-hydrogen) atoms. The molecule has 0 heterocycles. The first-order valence-corrected chi connectivity index (χ1v) is 5.20. The van der Waals surface area contributed by atoms with E-state index in [9.17, 15) is 9.59 Å². The minimum absolute atomic E-state index is 0.310. The van der Waals surface area contributed by atoms with E-state index in [2.05, 4.69) is 26.0 Å². The number of esters is 1. The van der Waals surface area contributed by atoms with Gasteiger partial charge in [-0.3, -0.25) is 9.59 Å². The Bertz CT molecular complexity index is 199. The van der Waals surface area contributed by atoms with Gasteiger partial charge in [0.2, 0.25) is 5.91 Å². The molecule has 0 aliphatic heterocycles. The minimum atomic E-state index is -0.346. The van der Waals surface area contributed by atoms with Gasteiger partial charge in [-0.2, -0.15) is 0 Å². The third-order valence-corrected chi connectivity index (χ3v) is 2.25. The number of ether oxygens (including phenoxy) is 1. The molecule has 0 bridgehead atoms. The molecule has 0 aliphatic rings. The molecule has 0 aromatic heterocycles. The molecular formula is C8H15BrN2O3. The minimum Gasteiger partial charge on any atom is -0.468 e. The van der Waals surface area contributed by atoms with Crippen LogP contribution in [0.15, 0.2) is 0 Å². The van der Waals surface area contributed by atoms with Crippen LogP contribution in [-0.4, -0.2) is 36.9 Å². The summed E-state index contributed by atoms with van der Waals surface area (Å²) in [5, 5.41) is 3.00. The maximum Gasteiger partial charge on any atom is 0.320 e. The summed E-state index contributed by atoms with van der Waals surface area (Å²) < 4.78 is 4.51. The number of amides is 1. The topological polar surface area (TPSA) is 81.4 Å². The Balaban J connectivity index is 3.36. The van der Waals surface area contributed by atoms with Gasteiger partial charge in [-0.05, 0) is 13.0 Å². The Morgan fingerprint density at radius 3 is 2.71 bits per heavy atom. The number of carbonyl (C=O) groups is 2. The second-order valence-electron chi connectivity index (χ2n) is 2.76. The Kier molecular flexibility index (Phi) is 7.41. The van der Waals surface area contributed by atoms with E-state index in [1.165, 1.54) is 7.11 Å². The van der Waals surface area contributed by atoms with Gasteiger partial charge in [0.25, 0.3) is 0 Å². The zero-order valence-corrected chi connectivity index (χ0v) is 9.67. The maximum absolute atomic E-state index is 10.9. The summed E-state index contributed by atoms with van der Waals surface area (Å²) in [5.41, 5.74) is 4.95. The monoisotopic (exact) mass is 266 g/mol. The number of methoxy groups -OCH3 is 1. The molecule has 0 aromatic carbocycles. The molecule has 0 rings (SSSR count). The second kappa shape index (κ2) is 7.75. The predicted molar refractivity (Wildman–Crippen MR) is 56.0 cm³/mol. The van der Waals surface area contributed by atoms with E-state index in [0.29, 0.717) is 25.9 Å². The van der Waals surface area contributed by atoms with Crippen molar-refractivity contribution in [2.24, 2.45) is 5.73 Å². The summed E-state index contributed by atoms with van der Waals surface area (Å²) in [6.45, 7) is 1.13. The predicted octanol–water partition coefficient (Wildman–Crippen LogP) is -0.222. The first-order chi connectivity index (χ1) is 6.57. The number of carbonyl (C=O) groups excluding carboxylic acids is 2. The number of hydrogen-bond acceptors (Lipinski definition) is 4. The fourth-order valence-corrected chi connectivity index (χ4v) is 1.24. The molecule has 0 radical (unpaired) electrons. The van der Waals surface area contributed by atoms with Crippen LogP contribution in [0.25, 0.3) is 0 Å². The first kappa shape index (κ1) is 13.4. The average molecular weight is 267 g/mol. The van der Waals surface area contributed by atoms with Crippen molar-refractivity contribution in [1.29, 1.82) is 0 Å². The van der Waals surface area contributed by atoms with Crippen molar-refractivity contribution in [3.63, 3.8) is 0 Å². The molecule has 5 nitrogen and oxygen atoms in total. The molecule has 3 N–H and O–H groups in total. The van der Waals surface area contributed by atoms with Gasteiger partial charge in [0, 0.05) is 13.0 Å². The number of alkyl halides is 1. The van der Waals surface area contributed by atoms with Gasteiger partial charge >= 0.3 is 5.97 Å². The highest BCUT2D eigenvalue weighted by molar-refractivity contribution is 9.10. The van der Waals surface area contributed by atoms with Crippen molar-refractivity contribution in [2.75, 3.05) is 20.2 Å². The Morgan fingerprint density at radius 1 is 1.57 bits per heavy atom. The van der Waals surface area contributed by atoms with E-state index in [1.807, 2.05) is 0 Å². The summed E-state index contributed by atoms with van der Waals surface area (Å²) in [4.78, 5) is 20.9. The first-order valence-electron chi connectivity index (χ1n) is 4.29. The molecule has 1 atom stereocenters. The lowest BCUT2D eigenvalue weighted by Gasteiger charge is -2.08. The molecule has 82 valence electrons. The van der Waals surface area contributed by atoms with E-state index in [0.717, 1.165) is 0 Å². The average Bonchev–Trinajstić information content (AvgIpc) is 2.15. The van der Waals surface area contributed by atoms with Crippen molar-refractivity contribution in [2.45, 2.75) is 17.7 Å². The molecule has 0 spiro atoms. The van der Waals surface area contributed by atoms with E-state index in [-0.39, 0.29) is 16.7 Å². The van der Waals surface area contributed by atoms with Crippen molar-refractivity contribution in [1.82, 2.24) is 5.32 Å². The van der Waals surface area contributed by atoms with Gasteiger partial charge in [-0.1, -0.05) is 15.9 Å². The van der Waals surface area contributed by atoms with Crippen molar-refractivity contribution in [3.05, 3.63) is 0 Å². The highest BCUT2D eigenvalue weighted by atomic mass is 79.9. The van der Waals surface area contributed by atoms with Crippen LogP contribution < -0.4 is 11.1 Å². The molecule has 0 aromatic rings. The Morgan fingerprint density at radius 2 is 2.21 bits per heavy atom. The molecule has 6 heteroatoms. The molecule has 0 saturated heterocycles. The van der Waals surface area contributed by atoms with E-state index in [4.69, 9.17) is 5.73 Å². The quantitative estimate of drug-likeness (QED) is 0.379. The molecule has 1 unspecified atom stereocenters. The second-order valence-corrected chi connectivity index (χ2v) is 3.87.